The predicted molar refractivity (Wildman–Crippen MR) is 78.1 cm³/mol. The highest BCUT2D eigenvalue weighted by Crippen LogP contribution is 2.28. The van der Waals surface area contributed by atoms with E-state index >= 15 is 0 Å². The van der Waals surface area contributed by atoms with Crippen LogP contribution < -0.4 is 16.4 Å². The summed E-state index contributed by atoms with van der Waals surface area (Å²) >= 11 is 0. The van der Waals surface area contributed by atoms with Crippen LogP contribution in [-0.2, 0) is 4.79 Å². The summed E-state index contributed by atoms with van der Waals surface area (Å²) in [5.41, 5.74) is 12.7. The summed E-state index contributed by atoms with van der Waals surface area (Å²) in [5, 5.41) is 0.985. The van der Waals surface area contributed by atoms with Crippen molar-refractivity contribution in [1.29, 1.82) is 0 Å². The van der Waals surface area contributed by atoms with Gasteiger partial charge in [0.05, 0.1) is 5.52 Å². The van der Waals surface area contributed by atoms with E-state index in [0.717, 1.165) is 42.7 Å². The van der Waals surface area contributed by atoms with Gasteiger partial charge in [-0.1, -0.05) is 0 Å². The number of nitrogens with zero attached hydrogens (tertiary/aromatic N) is 3. The molecule has 1 aliphatic heterocycles. The zero-order valence-electron chi connectivity index (χ0n) is 11.1. The van der Waals surface area contributed by atoms with Gasteiger partial charge in [-0.2, -0.15) is 0 Å². The lowest BCUT2D eigenvalue weighted by molar-refractivity contribution is -0.122. The second-order valence-corrected chi connectivity index (χ2v) is 5.14. The third-order valence-electron chi connectivity index (χ3n) is 3.84. The topological polar surface area (TPSA) is 98.1 Å². The molecule has 4 N–H and O–H groups in total. The van der Waals surface area contributed by atoms with E-state index in [1.54, 1.807) is 6.33 Å². The Morgan fingerprint density at radius 3 is 2.70 bits per heavy atom. The molecule has 0 radical (unpaired) electrons. The fraction of sp³-hybridized carbons (Fsp3) is 0.357. The number of fused-ring (bicyclic) bond motifs is 1. The summed E-state index contributed by atoms with van der Waals surface area (Å²) in [5.74, 6) is 0.679. The number of carbonyl (C=O) groups is 1. The van der Waals surface area contributed by atoms with Gasteiger partial charge in [0.15, 0.2) is 0 Å². The summed E-state index contributed by atoms with van der Waals surface area (Å²) in [4.78, 5) is 22.0. The van der Waals surface area contributed by atoms with Crippen molar-refractivity contribution in [2.75, 3.05) is 23.7 Å². The molecule has 1 aliphatic rings. The van der Waals surface area contributed by atoms with Crippen molar-refractivity contribution in [3.05, 3.63) is 24.5 Å². The number of aromatic nitrogens is 2. The number of primary amides is 1. The maximum Gasteiger partial charge on any atom is 0.220 e. The monoisotopic (exact) mass is 271 g/mol. The van der Waals surface area contributed by atoms with Crippen molar-refractivity contribution in [3.8, 4) is 0 Å². The highest BCUT2D eigenvalue weighted by molar-refractivity contribution is 5.91. The number of rotatable bonds is 2. The van der Waals surface area contributed by atoms with Gasteiger partial charge in [0.25, 0.3) is 0 Å². The van der Waals surface area contributed by atoms with Crippen LogP contribution >= 0.6 is 0 Å². The van der Waals surface area contributed by atoms with E-state index in [1.807, 2.05) is 18.2 Å². The summed E-state index contributed by atoms with van der Waals surface area (Å²) in [7, 11) is 0. The minimum absolute atomic E-state index is 0.0185. The van der Waals surface area contributed by atoms with Gasteiger partial charge in [-0.3, -0.25) is 4.79 Å². The standard InChI is InChI=1S/C14H17N5O/c15-10-1-2-11-12(7-10)17-8-18-14(11)19-5-3-9(4-6-19)13(16)20/h1-2,7-9H,3-6,15H2,(H2,16,20). The Balaban J connectivity index is 1.90. The molecule has 1 fully saturated rings. The van der Waals surface area contributed by atoms with Gasteiger partial charge in [0.2, 0.25) is 5.91 Å². The summed E-state index contributed by atoms with van der Waals surface area (Å²) in [6.07, 6.45) is 3.10. The number of anilines is 2. The lowest BCUT2D eigenvalue weighted by Gasteiger charge is -2.31. The first-order valence-corrected chi connectivity index (χ1v) is 6.69. The number of amides is 1. The molecule has 2 aromatic rings. The van der Waals surface area contributed by atoms with E-state index in [4.69, 9.17) is 11.5 Å². The van der Waals surface area contributed by atoms with E-state index in [0.29, 0.717) is 5.69 Å². The van der Waals surface area contributed by atoms with Crippen molar-refractivity contribution in [2.45, 2.75) is 12.8 Å². The number of carbonyl (C=O) groups excluding carboxylic acids is 1. The van der Waals surface area contributed by atoms with Crippen LogP contribution in [0.15, 0.2) is 24.5 Å². The molecule has 1 aromatic heterocycles. The number of nitrogens with two attached hydrogens (primary N) is 2. The number of hydrogen-bond donors (Lipinski definition) is 2. The van der Waals surface area contributed by atoms with Crippen LogP contribution in [0.1, 0.15) is 12.8 Å². The van der Waals surface area contributed by atoms with Crippen molar-refractivity contribution in [2.24, 2.45) is 11.7 Å². The Kier molecular flexibility index (Phi) is 3.14. The molecule has 0 saturated carbocycles. The maximum absolute atomic E-state index is 11.2. The zero-order chi connectivity index (χ0) is 14.1. The van der Waals surface area contributed by atoms with E-state index < -0.39 is 0 Å². The molecule has 0 unspecified atom stereocenters. The van der Waals surface area contributed by atoms with Gasteiger partial charge in [-0.25, -0.2) is 9.97 Å². The molecule has 0 spiro atoms. The number of piperidine rings is 1. The molecular formula is C14H17N5O. The fourth-order valence-electron chi connectivity index (χ4n) is 2.69. The largest absolute Gasteiger partial charge is 0.399 e. The van der Waals surface area contributed by atoms with Crippen LogP contribution in [0.5, 0.6) is 0 Å². The van der Waals surface area contributed by atoms with Crippen molar-refractivity contribution >= 4 is 28.3 Å². The average molecular weight is 271 g/mol. The summed E-state index contributed by atoms with van der Waals surface area (Å²) < 4.78 is 0. The van der Waals surface area contributed by atoms with Crippen LogP contribution in [0, 0.1) is 5.92 Å². The van der Waals surface area contributed by atoms with Gasteiger partial charge in [0.1, 0.15) is 12.1 Å². The Bertz CT molecular complexity index is 649. The molecule has 0 aliphatic carbocycles. The summed E-state index contributed by atoms with van der Waals surface area (Å²) in [6.45, 7) is 1.56. The molecule has 6 nitrogen and oxygen atoms in total. The average Bonchev–Trinajstić information content (AvgIpc) is 2.46. The number of nitrogen functional groups attached to an aromatic ring is 1. The quantitative estimate of drug-likeness (QED) is 0.791. The second kappa shape index (κ2) is 4.96. The van der Waals surface area contributed by atoms with Gasteiger partial charge in [-0.15, -0.1) is 0 Å². The first-order chi connectivity index (χ1) is 9.65. The summed E-state index contributed by atoms with van der Waals surface area (Å²) in [6, 6.07) is 5.64. The van der Waals surface area contributed by atoms with E-state index in [9.17, 15) is 4.79 Å². The second-order valence-electron chi connectivity index (χ2n) is 5.14. The van der Waals surface area contributed by atoms with E-state index in [-0.39, 0.29) is 11.8 Å². The molecule has 104 valence electrons. The normalized spacial score (nSPS) is 16.5. The van der Waals surface area contributed by atoms with Crippen LogP contribution in [0.2, 0.25) is 0 Å². The lowest BCUT2D eigenvalue weighted by atomic mass is 9.96. The van der Waals surface area contributed by atoms with Crippen molar-refractivity contribution in [1.82, 2.24) is 9.97 Å². The first kappa shape index (κ1) is 12.7. The van der Waals surface area contributed by atoms with Gasteiger partial charge in [-0.05, 0) is 31.0 Å². The predicted octanol–water partition coefficient (Wildman–Crippen LogP) is 0.914. The van der Waals surface area contributed by atoms with Crippen LogP contribution in [-0.4, -0.2) is 29.0 Å². The van der Waals surface area contributed by atoms with Crippen LogP contribution in [0.3, 0.4) is 0 Å². The third kappa shape index (κ3) is 2.24. The Morgan fingerprint density at radius 1 is 1.25 bits per heavy atom. The SMILES string of the molecule is NC(=O)C1CCN(c2ncnc3cc(N)ccc23)CC1. The molecule has 1 amide bonds. The van der Waals surface area contributed by atoms with E-state index in [2.05, 4.69) is 14.9 Å². The smallest absolute Gasteiger partial charge is 0.220 e. The molecule has 0 bridgehead atoms. The minimum atomic E-state index is -0.204. The highest BCUT2D eigenvalue weighted by Gasteiger charge is 2.24. The highest BCUT2D eigenvalue weighted by atomic mass is 16.1. The maximum atomic E-state index is 11.2. The molecule has 1 saturated heterocycles. The molecule has 20 heavy (non-hydrogen) atoms. The molecule has 3 rings (SSSR count). The van der Waals surface area contributed by atoms with Crippen LogP contribution in [0.25, 0.3) is 10.9 Å². The fourth-order valence-corrected chi connectivity index (χ4v) is 2.69. The minimum Gasteiger partial charge on any atom is -0.399 e. The number of benzene rings is 1. The molecule has 0 atom stereocenters. The molecule has 6 heteroatoms. The molecular weight excluding hydrogens is 254 g/mol. The van der Waals surface area contributed by atoms with Gasteiger partial charge >= 0.3 is 0 Å². The Morgan fingerprint density at radius 2 is 2.00 bits per heavy atom. The Labute approximate surface area is 116 Å². The van der Waals surface area contributed by atoms with Gasteiger partial charge < -0.3 is 16.4 Å². The Hall–Kier alpha value is -2.37. The van der Waals surface area contributed by atoms with Gasteiger partial charge in [0, 0.05) is 30.1 Å². The molecule has 2 heterocycles. The number of hydrogen-bond acceptors (Lipinski definition) is 5. The molecule has 1 aromatic carbocycles. The van der Waals surface area contributed by atoms with Crippen LogP contribution in [0.4, 0.5) is 11.5 Å². The lowest BCUT2D eigenvalue weighted by Crippen LogP contribution is -2.39. The van der Waals surface area contributed by atoms with Crippen molar-refractivity contribution in [3.63, 3.8) is 0 Å². The van der Waals surface area contributed by atoms with Crippen molar-refractivity contribution < 1.29 is 4.79 Å². The first-order valence-electron chi connectivity index (χ1n) is 6.69. The zero-order valence-corrected chi connectivity index (χ0v) is 11.1. The van der Waals surface area contributed by atoms with E-state index in [1.165, 1.54) is 0 Å². The third-order valence-corrected chi connectivity index (χ3v) is 3.84.